The Balaban J connectivity index is 2.79. The van der Waals surface area contributed by atoms with Crippen LogP contribution in [0.1, 0.15) is 0 Å². The van der Waals surface area contributed by atoms with Gasteiger partial charge in [-0.15, -0.1) is 10.2 Å². The number of hydrazine groups is 1. The van der Waals surface area contributed by atoms with Gasteiger partial charge in [-0.25, -0.2) is 5.84 Å². The zero-order chi connectivity index (χ0) is 7.68. The smallest absolute Gasteiger partial charge is 0.186 e. The monoisotopic (exact) mass is 149 g/mol. The van der Waals surface area contributed by atoms with Gasteiger partial charge in [-0.2, -0.15) is 0 Å². The highest BCUT2D eigenvalue weighted by Crippen LogP contribution is 2.10. The molecule has 5 nitrogen and oxygen atoms in total. The highest BCUT2D eigenvalue weighted by Gasteiger charge is 1.98. The lowest BCUT2D eigenvalue weighted by atomic mass is 10.5. The fourth-order valence-corrected chi connectivity index (χ4v) is 0.988. The van der Waals surface area contributed by atoms with E-state index >= 15 is 0 Å². The van der Waals surface area contributed by atoms with Crippen LogP contribution in [0.4, 0.5) is 5.82 Å². The molecule has 0 bridgehead atoms. The van der Waals surface area contributed by atoms with Gasteiger partial charge in [0.15, 0.2) is 5.82 Å². The van der Waals surface area contributed by atoms with E-state index in [1.54, 1.807) is 6.33 Å². The minimum Gasteiger partial charge on any atom is -0.305 e. The van der Waals surface area contributed by atoms with Crippen LogP contribution in [0.2, 0.25) is 0 Å². The maximum absolute atomic E-state index is 5.21. The molecular formula is C6H7N5. The summed E-state index contributed by atoms with van der Waals surface area (Å²) in [5.41, 5.74) is 3.38. The molecule has 0 aromatic carbocycles. The van der Waals surface area contributed by atoms with Crippen molar-refractivity contribution in [1.82, 2.24) is 14.6 Å². The number of fused-ring (bicyclic) bond motifs is 1. The van der Waals surface area contributed by atoms with Crippen molar-refractivity contribution in [2.75, 3.05) is 5.43 Å². The molecule has 0 saturated heterocycles. The largest absolute Gasteiger partial charge is 0.305 e. The molecule has 0 atom stereocenters. The van der Waals surface area contributed by atoms with Gasteiger partial charge in [0.05, 0.1) is 5.52 Å². The second-order valence-corrected chi connectivity index (χ2v) is 2.12. The molecule has 0 radical (unpaired) electrons. The SMILES string of the molecule is NNc1nncn2cccc12. The van der Waals surface area contributed by atoms with E-state index in [0.717, 1.165) is 5.52 Å². The van der Waals surface area contributed by atoms with Crippen molar-refractivity contribution in [3.63, 3.8) is 0 Å². The molecule has 0 aliphatic carbocycles. The molecule has 2 heterocycles. The number of anilines is 1. The Morgan fingerprint density at radius 3 is 3.27 bits per heavy atom. The Bertz CT molecular complexity index is 366. The van der Waals surface area contributed by atoms with E-state index in [4.69, 9.17) is 5.84 Å². The molecule has 0 fully saturated rings. The molecule has 2 aromatic rings. The van der Waals surface area contributed by atoms with Crippen LogP contribution in [0, 0.1) is 0 Å². The van der Waals surface area contributed by atoms with E-state index in [0.29, 0.717) is 5.82 Å². The topological polar surface area (TPSA) is 68.2 Å². The zero-order valence-corrected chi connectivity index (χ0v) is 5.73. The highest BCUT2D eigenvalue weighted by molar-refractivity contribution is 5.66. The van der Waals surface area contributed by atoms with Gasteiger partial charge in [0.2, 0.25) is 0 Å². The summed E-state index contributed by atoms with van der Waals surface area (Å²) in [4.78, 5) is 0. The Morgan fingerprint density at radius 1 is 1.55 bits per heavy atom. The average molecular weight is 149 g/mol. The first kappa shape index (κ1) is 6.11. The van der Waals surface area contributed by atoms with Crippen LogP contribution >= 0.6 is 0 Å². The third kappa shape index (κ3) is 0.821. The first-order valence-corrected chi connectivity index (χ1v) is 3.17. The fourth-order valence-electron chi connectivity index (χ4n) is 0.988. The number of nitrogens with zero attached hydrogens (tertiary/aromatic N) is 3. The molecule has 3 N–H and O–H groups in total. The molecular weight excluding hydrogens is 142 g/mol. The highest BCUT2D eigenvalue weighted by atomic mass is 15.3. The maximum Gasteiger partial charge on any atom is 0.186 e. The van der Waals surface area contributed by atoms with E-state index in [9.17, 15) is 0 Å². The van der Waals surface area contributed by atoms with E-state index in [1.165, 1.54) is 0 Å². The molecule has 11 heavy (non-hydrogen) atoms. The minimum absolute atomic E-state index is 0.581. The number of hydrogen-bond donors (Lipinski definition) is 2. The number of nitrogen functional groups attached to an aromatic ring is 1. The van der Waals surface area contributed by atoms with Crippen LogP contribution in [0.15, 0.2) is 24.7 Å². The summed E-state index contributed by atoms with van der Waals surface area (Å²) in [5, 5.41) is 7.52. The van der Waals surface area contributed by atoms with Crippen molar-refractivity contribution in [3.05, 3.63) is 24.7 Å². The van der Waals surface area contributed by atoms with Gasteiger partial charge in [0.25, 0.3) is 0 Å². The number of hydrogen-bond acceptors (Lipinski definition) is 4. The molecule has 56 valence electrons. The van der Waals surface area contributed by atoms with Crippen molar-refractivity contribution >= 4 is 11.3 Å². The summed E-state index contributed by atoms with van der Waals surface area (Å²) in [6, 6.07) is 3.81. The fraction of sp³-hybridized carbons (Fsp3) is 0. The predicted molar refractivity (Wildman–Crippen MR) is 40.8 cm³/mol. The molecule has 0 aliphatic heterocycles. The molecule has 0 amide bonds. The average Bonchev–Trinajstić information content (AvgIpc) is 2.50. The van der Waals surface area contributed by atoms with Crippen molar-refractivity contribution in [1.29, 1.82) is 0 Å². The third-order valence-electron chi connectivity index (χ3n) is 1.49. The van der Waals surface area contributed by atoms with Crippen LogP contribution in [0.25, 0.3) is 5.52 Å². The lowest BCUT2D eigenvalue weighted by Gasteiger charge is -1.98. The molecule has 0 unspecified atom stereocenters. The quantitative estimate of drug-likeness (QED) is 0.443. The maximum atomic E-state index is 5.21. The lowest BCUT2D eigenvalue weighted by molar-refractivity contribution is 0.947. The Morgan fingerprint density at radius 2 is 2.45 bits per heavy atom. The third-order valence-corrected chi connectivity index (χ3v) is 1.49. The predicted octanol–water partition coefficient (Wildman–Crippen LogP) is 0.0149. The van der Waals surface area contributed by atoms with E-state index in [-0.39, 0.29) is 0 Å². The molecule has 2 aromatic heterocycles. The second-order valence-electron chi connectivity index (χ2n) is 2.12. The summed E-state index contributed by atoms with van der Waals surface area (Å²) < 4.78 is 1.84. The summed E-state index contributed by atoms with van der Waals surface area (Å²) in [7, 11) is 0. The van der Waals surface area contributed by atoms with Crippen LogP contribution in [-0.2, 0) is 0 Å². The summed E-state index contributed by atoms with van der Waals surface area (Å²) in [6.07, 6.45) is 3.50. The van der Waals surface area contributed by atoms with E-state index < -0.39 is 0 Å². The van der Waals surface area contributed by atoms with Gasteiger partial charge < -0.3 is 9.83 Å². The number of nitrogens with one attached hydrogen (secondary N) is 1. The van der Waals surface area contributed by atoms with E-state index in [2.05, 4.69) is 15.6 Å². The van der Waals surface area contributed by atoms with Crippen LogP contribution in [0.5, 0.6) is 0 Å². The van der Waals surface area contributed by atoms with Gasteiger partial charge >= 0.3 is 0 Å². The van der Waals surface area contributed by atoms with Crippen molar-refractivity contribution < 1.29 is 0 Å². The summed E-state index contributed by atoms with van der Waals surface area (Å²) >= 11 is 0. The van der Waals surface area contributed by atoms with Gasteiger partial charge in [-0.05, 0) is 12.1 Å². The van der Waals surface area contributed by atoms with Gasteiger partial charge in [0.1, 0.15) is 6.33 Å². The number of aromatic nitrogens is 3. The van der Waals surface area contributed by atoms with Crippen LogP contribution in [0.3, 0.4) is 0 Å². The molecule has 5 heteroatoms. The Hall–Kier alpha value is -1.62. The summed E-state index contributed by atoms with van der Waals surface area (Å²) in [5.74, 6) is 5.79. The first-order valence-electron chi connectivity index (χ1n) is 3.17. The molecule has 0 saturated carbocycles. The second kappa shape index (κ2) is 2.21. The lowest BCUT2D eigenvalue weighted by Crippen LogP contribution is -2.10. The minimum atomic E-state index is 0.581. The molecule has 0 spiro atoms. The van der Waals surface area contributed by atoms with Gasteiger partial charge in [-0.1, -0.05) is 0 Å². The zero-order valence-electron chi connectivity index (χ0n) is 5.73. The Kier molecular flexibility index (Phi) is 1.23. The van der Waals surface area contributed by atoms with Crippen LogP contribution in [-0.4, -0.2) is 14.6 Å². The number of nitrogens with two attached hydrogens (primary N) is 1. The number of rotatable bonds is 1. The standard InChI is InChI=1S/C6H7N5/c7-9-6-5-2-1-3-11(5)4-8-10-6/h1-4H,7H2,(H,9,10). The van der Waals surface area contributed by atoms with Gasteiger partial charge in [-0.3, -0.25) is 0 Å². The summed E-state index contributed by atoms with van der Waals surface area (Å²) in [6.45, 7) is 0. The van der Waals surface area contributed by atoms with E-state index in [1.807, 2.05) is 22.7 Å². The van der Waals surface area contributed by atoms with Crippen molar-refractivity contribution in [3.8, 4) is 0 Å². The van der Waals surface area contributed by atoms with Crippen molar-refractivity contribution in [2.45, 2.75) is 0 Å². The normalized spacial score (nSPS) is 10.3. The van der Waals surface area contributed by atoms with Crippen LogP contribution < -0.4 is 11.3 Å². The molecule has 0 aliphatic rings. The molecule has 2 rings (SSSR count). The van der Waals surface area contributed by atoms with Gasteiger partial charge in [0, 0.05) is 6.20 Å². The Labute approximate surface area is 62.8 Å². The van der Waals surface area contributed by atoms with Crippen molar-refractivity contribution in [2.24, 2.45) is 5.84 Å². The first-order chi connectivity index (χ1) is 5.42.